The lowest BCUT2D eigenvalue weighted by Crippen LogP contribution is -2.35. The predicted molar refractivity (Wildman–Crippen MR) is 130 cm³/mol. The van der Waals surface area contributed by atoms with Crippen molar-refractivity contribution in [1.82, 2.24) is 9.36 Å². The van der Waals surface area contributed by atoms with Gasteiger partial charge >= 0.3 is 0 Å². The molecule has 0 bridgehead atoms. The first-order valence-corrected chi connectivity index (χ1v) is 10.7. The van der Waals surface area contributed by atoms with Crippen LogP contribution in [0, 0.1) is 6.92 Å². The number of aromatic nitrogens is 2. The molecule has 1 unspecified atom stereocenters. The molecule has 164 valence electrons. The molecule has 1 heterocycles. The first-order chi connectivity index (χ1) is 15.2. The maximum absolute atomic E-state index is 13.8. The quantitative estimate of drug-likeness (QED) is 0.490. The van der Waals surface area contributed by atoms with E-state index in [1.807, 2.05) is 87.6 Å². The van der Waals surface area contributed by atoms with Crippen LogP contribution >= 0.6 is 11.6 Å². The van der Waals surface area contributed by atoms with E-state index in [-0.39, 0.29) is 5.56 Å². The van der Waals surface area contributed by atoms with Crippen molar-refractivity contribution in [2.24, 2.45) is 7.05 Å². The topological polar surface area (TPSA) is 50.4 Å². The van der Waals surface area contributed by atoms with Gasteiger partial charge in [-0.05, 0) is 54.4 Å². The molecule has 0 saturated carbocycles. The number of anilines is 1. The summed E-state index contributed by atoms with van der Waals surface area (Å²) in [5.41, 5.74) is 1.97. The van der Waals surface area contributed by atoms with Gasteiger partial charge in [-0.1, -0.05) is 54.1 Å². The van der Waals surface area contributed by atoms with Crippen LogP contribution in [0.5, 0.6) is 0 Å². The highest BCUT2D eigenvalue weighted by Crippen LogP contribution is 2.38. The van der Waals surface area contributed by atoms with Crippen LogP contribution in [0.25, 0.3) is 5.69 Å². The fourth-order valence-electron chi connectivity index (χ4n) is 4.13. The van der Waals surface area contributed by atoms with Crippen molar-refractivity contribution in [3.05, 3.63) is 117 Å². The molecular formula is C26H26ClN3O2. The Hall–Kier alpha value is -3.28. The van der Waals surface area contributed by atoms with Gasteiger partial charge in [0.15, 0.2) is 0 Å². The first kappa shape index (κ1) is 21.9. The zero-order valence-corrected chi connectivity index (χ0v) is 19.3. The third-order valence-electron chi connectivity index (χ3n) is 5.98. The Labute approximate surface area is 192 Å². The van der Waals surface area contributed by atoms with E-state index >= 15 is 0 Å². The van der Waals surface area contributed by atoms with Crippen molar-refractivity contribution in [2.75, 3.05) is 19.0 Å². The molecule has 1 N–H and O–H groups in total. The van der Waals surface area contributed by atoms with Gasteiger partial charge in [-0.3, -0.25) is 9.48 Å². The minimum absolute atomic E-state index is 0.273. The van der Waals surface area contributed by atoms with Crippen LogP contribution < -0.4 is 10.5 Å². The standard InChI is InChI=1S/C26H26ClN3O2/c1-18-24(25(31)30(29(18)4)23-8-6-5-7-9-23)26(32,19-10-14-21(27)15-11-19)20-12-16-22(17-13-20)28(2)3/h5-17,32H,1-4H3. The van der Waals surface area contributed by atoms with Crippen LogP contribution in [0.3, 0.4) is 0 Å². The van der Waals surface area contributed by atoms with Crippen LogP contribution in [-0.4, -0.2) is 28.6 Å². The summed E-state index contributed by atoms with van der Waals surface area (Å²) >= 11 is 6.12. The summed E-state index contributed by atoms with van der Waals surface area (Å²) < 4.78 is 3.36. The third-order valence-corrected chi connectivity index (χ3v) is 6.23. The highest BCUT2D eigenvalue weighted by molar-refractivity contribution is 6.30. The second-order valence-corrected chi connectivity index (χ2v) is 8.53. The highest BCUT2D eigenvalue weighted by Gasteiger charge is 2.40. The summed E-state index contributed by atoms with van der Waals surface area (Å²) in [7, 11) is 5.74. The van der Waals surface area contributed by atoms with Gasteiger partial charge in [-0.15, -0.1) is 0 Å². The number of para-hydroxylation sites is 1. The van der Waals surface area contributed by atoms with Crippen molar-refractivity contribution in [3.8, 4) is 5.69 Å². The van der Waals surface area contributed by atoms with Gasteiger partial charge in [0.2, 0.25) is 0 Å². The fraction of sp³-hybridized carbons (Fsp3) is 0.192. The molecular weight excluding hydrogens is 422 g/mol. The van der Waals surface area contributed by atoms with Crippen molar-refractivity contribution in [2.45, 2.75) is 12.5 Å². The molecule has 0 amide bonds. The summed E-state index contributed by atoms with van der Waals surface area (Å²) in [5, 5.41) is 12.9. The van der Waals surface area contributed by atoms with E-state index < -0.39 is 5.60 Å². The fourth-order valence-corrected chi connectivity index (χ4v) is 4.26. The van der Waals surface area contributed by atoms with E-state index in [2.05, 4.69) is 0 Å². The Morgan fingerprint density at radius 2 is 1.41 bits per heavy atom. The predicted octanol–water partition coefficient (Wildman–Crippen LogP) is 4.49. The second-order valence-electron chi connectivity index (χ2n) is 8.10. The zero-order chi connectivity index (χ0) is 23.0. The van der Waals surface area contributed by atoms with Crippen LogP contribution in [-0.2, 0) is 12.6 Å². The van der Waals surface area contributed by atoms with Crippen LogP contribution in [0.2, 0.25) is 5.02 Å². The second kappa shape index (κ2) is 8.34. The molecule has 1 aromatic heterocycles. The maximum atomic E-state index is 13.8. The molecule has 0 aliphatic rings. The lowest BCUT2D eigenvalue weighted by molar-refractivity contribution is 0.124. The summed E-state index contributed by atoms with van der Waals surface area (Å²) in [4.78, 5) is 15.8. The van der Waals surface area contributed by atoms with Crippen LogP contribution in [0.4, 0.5) is 5.69 Å². The van der Waals surface area contributed by atoms with E-state index in [1.54, 1.807) is 33.6 Å². The van der Waals surface area contributed by atoms with Crippen molar-refractivity contribution >= 4 is 17.3 Å². The largest absolute Gasteiger partial charge is 0.378 e. The molecule has 3 aromatic carbocycles. The highest BCUT2D eigenvalue weighted by atomic mass is 35.5. The summed E-state index contributed by atoms with van der Waals surface area (Å²) in [6, 6.07) is 24.0. The Morgan fingerprint density at radius 3 is 1.94 bits per heavy atom. The lowest BCUT2D eigenvalue weighted by Gasteiger charge is -2.29. The lowest BCUT2D eigenvalue weighted by atomic mass is 9.80. The van der Waals surface area contributed by atoms with Gasteiger partial charge in [0, 0.05) is 37.5 Å². The van der Waals surface area contributed by atoms with Gasteiger partial charge in [-0.25, -0.2) is 4.68 Å². The number of nitrogens with zero attached hydrogens (tertiary/aromatic N) is 3. The van der Waals surface area contributed by atoms with E-state index in [4.69, 9.17) is 11.6 Å². The Balaban J connectivity index is 2.02. The SMILES string of the molecule is Cc1c(C(O)(c2ccc(Cl)cc2)c2ccc(N(C)C)cc2)c(=O)n(-c2ccccc2)n1C. The van der Waals surface area contributed by atoms with E-state index in [1.165, 1.54) is 0 Å². The normalized spacial score (nSPS) is 13.1. The number of benzene rings is 3. The van der Waals surface area contributed by atoms with Crippen LogP contribution in [0.15, 0.2) is 83.7 Å². The number of hydrogen-bond donors (Lipinski definition) is 1. The van der Waals surface area contributed by atoms with E-state index in [9.17, 15) is 9.90 Å². The minimum Gasteiger partial charge on any atom is -0.378 e. The molecule has 4 aromatic rings. The Morgan fingerprint density at radius 1 is 0.875 bits per heavy atom. The summed E-state index contributed by atoms with van der Waals surface area (Å²) in [6.07, 6.45) is 0. The maximum Gasteiger partial charge on any atom is 0.278 e. The molecule has 0 aliphatic carbocycles. The molecule has 0 radical (unpaired) electrons. The number of hydrogen-bond acceptors (Lipinski definition) is 3. The van der Waals surface area contributed by atoms with E-state index in [0.29, 0.717) is 27.4 Å². The van der Waals surface area contributed by atoms with Gasteiger partial charge < -0.3 is 10.0 Å². The molecule has 1 atom stereocenters. The molecule has 0 fully saturated rings. The third kappa shape index (κ3) is 3.53. The molecule has 32 heavy (non-hydrogen) atoms. The Kier molecular flexibility index (Phi) is 5.71. The minimum atomic E-state index is -1.66. The number of rotatable bonds is 5. The van der Waals surface area contributed by atoms with Gasteiger partial charge in [0.1, 0.15) is 5.60 Å². The molecule has 0 saturated heterocycles. The molecule has 0 aliphatic heterocycles. The van der Waals surface area contributed by atoms with E-state index in [0.717, 1.165) is 11.4 Å². The first-order valence-electron chi connectivity index (χ1n) is 10.4. The molecule has 5 nitrogen and oxygen atoms in total. The zero-order valence-electron chi connectivity index (χ0n) is 18.6. The summed E-state index contributed by atoms with van der Waals surface area (Å²) in [6.45, 7) is 1.85. The average Bonchev–Trinajstić information content (AvgIpc) is 3.02. The Bertz CT molecular complexity index is 1290. The van der Waals surface area contributed by atoms with Gasteiger partial charge in [-0.2, -0.15) is 0 Å². The average molecular weight is 448 g/mol. The molecule has 0 spiro atoms. The molecule has 6 heteroatoms. The number of halogens is 1. The van der Waals surface area contributed by atoms with Crippen molar-refractivity contribution in [3.63, 3.8) is 0 Å². The van der Waals surface area contributed by atoms with Crippen molar-refractivity contribution < 1.29 is 5.11 Å². The van der Waals surface area contributed by atoms with Crippen molar-refractivity contribution in [1.29, 1.82) is 0 Å². The van der Waals surface area contributed by atoms with Crippen LogP contribution in [0.1, 0.15) is 22.4 Å². The number of aliphatic hydroxyl groups is 1. The van der Waals surface area contributed by atoms with Gasteiger partial charge in [0.05, 0.1) is 11.3 Å². The summed E-state index contributed by atoms with van der Waals surface area (Å²) in [5.74, 6) is 0. The monoisotopic (exact) mass is 447 g/mol. The smallest absolute Gasteiger partial charge is 0.278 e. The molecule has 4 rings (SSSR count). The van der Waals surface area contributed by atoms with Gasteiger partial charge in [0.25, 0.3) is 5.56 Å².